The van der Waals surface area contributed by atoms with E-state index in [1.54, 1.807) is 6.92 Å². The highest BCUT2D eigenvalue weighted by molar-refractivity contribution is 6.00. The molecule has 2 heterocycles. The van der Waals surface area contributed by atoms with Crippen molar-refractivity contribution < 1.29 is 31.9 Å². The minimum absolute atomic E-state index is 0.149. The van der Waals surface area contributed by atoms with Crippen LogP contribution < -0.4 is 15.4 Å². The van der Waals surface area contributed by atoms with Crippen molar-refractivity contribution in [2.75, 3.05) is 0 Å². The molecule has 0 radical (unpaired) electrons. The van der Waals surface area contributed by atoms with Crippen LogP contribution in [0.2, 0.25) is 0 Å². The summed E-state index contributed by atoms with van der Waals surface area (Å²) < 4.78 is 59.1. The molecule has 0 aliphatic heterocycles. The van der Waals surface area contributed by atoms with Gasteiger partial charge >= 0.3 is 6.18 Å². The van der Waals surface area contributed by atoms with E-state index in [1.165, 1.54) is 24.5 Å². The molecule has 1 aliphatic carbocycles. The molecule has 1 saturated carbocycles. The molecule has 2 N–H and O–H groups in total. The van der Waals surface area contributed by atoms with Crippen LogP contribution in [0.1, 0.15) is 40.3 Å². The number of aryl methyl sites for hydroxylation is 1. The number of amides is 2. The Kier molecular flexibility index (Phi) is 6.37. The minimum atomic E-state index is -4.65. The van der Waals surface area contributed by atoms with E-state index < -0.39 is 40.7 Å². The first kappa shape index (κ1) is 24.0. The lowest BCUT2D eigenvalue weighted by molar-refractivity contribution is -0.138. The summed E-state index contributed by atoms with van der Waals surface area (Å²) in [6.07, 6.45) is -0.0855. The van der Waals surface area contributed by atoms with Crippen molar-refractivity contribution in [2.45, 2.75) is 38.0 Å². The fraction of sp³-hybridized carbons (Fsp3) is 0.261. The largest absolute Gasteiger partial charge is 0.455 e. The second kappa shape index (κ2) is 9.28. The number of benzene rings is 1. The van der Waals surface area contributed by atoms with Crippen molar-refractivity contribution in [3.63, 3.8) is 0 Å². The van der Waals surface area contributed by atoms with Crippen molar-refractivity contribution in [2.24, 2.45) is 0 Å². The fourth-order valence-electron chi connectivity index (χ4n) is 3.22. The quantitative estimate of drug-likeness (QED) is 0.490. The van der Waals surface area contributed by atoms with E-state index in [0.717, 1.165) is 24.4 Å². The summed E-state index contributed by atoms with van der Waals surface area (Å²) in [7, 11) is 0. The number of hydrogen-bond donors (Lipinski definition) is 2. The van der Waals surface area contributed by atoms with E-state index >= 15 is 0 Å². The molecule has 2 aromatic heterocycles. The minimum Gasteiger partial charge on any atom is -0.455 e. The van der Waals surface area contributed by atoms with Gasteiger partial charge in [-0.1, -0.05) is 12.1 Å². The first-order valence-corrected chi connectivity index (χ1v) is 10.5. The van der Waals surface area contributed by atoms with Crippen LogP contribution in [0.15, 0.2) is 48.9 Å². The predicted molar refractivity (Wildman–Crippen MR) is 114 cm³/mol. The third-order valence-corrected chi connectivity index (χ3v) is 5.31. The second-order valence-electron chi connectivity index (χ2n) is 7.93. The molecule has 0 spiro atoms. The zero-order valence-electron chi connectivity index (χ0n) is 18.3. The number of carbonyl (C=O) groups is 2. The number of halogens is 4. The number of para-hydroxylation sites is 1. The molecule has 1 fully saturated rings. The Bertz CT molecular complexity index is 1260. The lowest BCUT2D eigenvalue weighted by Crippen LogP contribution is -2.49. The van der Waals surface area contributed by atoms with Crippen LogP contribution in [0, 0.1) is 12.7 Å². The molecule has 2 amide bonds. The first-order valence-electron chi connectivity index (χ1n) is 10.5. The van der Waals surface area contributed by atoms with Gasteiger partial charge in [0.05, 0.1) is 29.6 Å². The molecule has 35 heavy (non-hydrogen) atoms. The standard InChI is InChI=1S/C23H19F4N5O3/c1-13-28-9-14(10-29-13)20(33)32-22(6-7-22)21(34)31-12-18-17(24)8-15(11-30-18)35-19-5-3-2-4-16(19)23(25,26)27/h2-5,8-11H,6-7,12H2,1H3,(H,31,34)(H,32,33). The molecule has 0 bridgehead atoms. The van der Waals surface area contributed by atoms with Gasteiger partial charge in [-0.25, -0.2) is 14.4 Å². The molecule has 0 saturated heterocycles. The Hall–Kier alpha value is -4.09. The lowest BCUT2D eigenvalue weighted by Gasteiger charge is -2.17. The van der Waals surface area contributed by atoms with Gasteiger partial charge in [0.1, 0.15) is 28.7 Å². The van der Waals surface area contributed by atoms with Gasteiger partial charge in [0.25, 0.3) is 5.91 Å². The fourth-order valence-corrected chi connectivity index (χ4v) is 3.22. The number of nitrogens with zero attached hydrogens (tertiary/aromatic N) is 3. The van der Waals surface area contributed by atoms with Gasteiger partial charge in [0, 0.05) is 18.5 Å². The van der Waals surface area contributed by atoms with Gasteiger partial charge in [-0.2, -0.15) is 13.2 Å². The van der Waals surface area contributed by atoms with Crippen LogP contribution in [0.4, 0.5) is 17.6 Å². The third kappa shape index (κ3) is 5.53. The van der Waals surface area contributed by atoms with Gasteiger partial charge in [-0.3, -0.25) is 14.6 Å². The number of carbonyl (C=O) groups excluding carboxylic acids is 2. The number of rotatable bonds is 7. The smallest absolute Gasteiger partial charge is 0.419 e. The van der Waals surface area contributed by atoms with E-state index in [-0.39, 0.29) is 23.6 Å². The zero-order chi connectivity index (χ0) is 25.2. The summed E-state index contributed by atoms with van der Waals surface area (Å²) in [4.78, 5) is 36.8. The topological polar surface area (TPSA) is 106 Å². The predicted octanol–water partition coefficient (Wildman–Crippen LogP) is 3.71. The molecule has 3 aromatic rings. The van der Waals surface area contributed by atoms with E-state index in [4.69, 9.17) is 4.74 Å². The highest BCUT2D eigenvalue weighted by atomic mass is 19.4. The Morgan fingerprint density at radius 2 is 1.77 bits per heavy atom. The van der Waals surface area contributed by atoms with Gasteiger partial charge in [-0.05, 0) is 31.9 Å². The van der Waals surface area contributed by atoms with Gasteiger partial charge < -0.3 is 15.4 Å². The van der Waals surface area contributed by atoms with Crippen LogP contribution in [-0.4, -0.2) is 32.3 Å². The molecule has 182 valence electrons. The monoisotopic (exact) mass is 489 g/mol. The average Bonchev–Trinajstić information content (AvgIpc) is 3.59. The molecule has 0 unspecified atom stereocenters. The Labute approximate surface area is 196 Å². The van der Waals surface area contributed by atoms with Crippen molar-refractivity contribution >= 4 is 11.8 Å². The average molecular weight is 489 g/mol. The second-order valence-corrected chi connectivity index (χ2v) is 7.93. The van der Waals surface area contributed by atoms with Crippen molar-refractivity contribution in [1.29, 1.82) is 0 Å². The molecular formula is C23H19F4N5O3. The number of aromatic nitrogens is 3. The lowest BCUT2D eigenvalue weighted by atomic mass is 10.2. The SMILES string of the molecule is Cc1ncc(C(=O)NC2(C(=O)NCc3ncc(Oc4ccccc4C(F)(F)F)cc3F)CC2)cn1. The van der Waals surface area contributed by atoms with E-state index in [0.29, 0.717) is 18.7 Å². The molecule has 1 aliphatic rings. The van der Waals surface area contributed by atoms with Crippen molar-refractivity contribution in [3.05, 3.63) is 77.4 Å². The van der Waals surface area contributed by atoms with Crippen molar-refractivity contribution in [3.8, 4) is 11.5 Å². The summed E-state index contributed by atoms with van der Waals surface area (Å²) in [5.41, 5.74) is -2.08. The Morgan fingerprint density at radius 3 is 2.40 bits per heavy atom. The van der Waals surface area contributed by atoms with Crippen LogP contribution in [0.5, 0.6) is 11.5 Å². The Morgan fingerprint density at radius 1 is 1.09 bits per heavy atom. The summed E-state index contributed by atoms with van der Waals surface area (Å²) in [6, 6.07) is 5.41. The van der Waals surface area contributed by atoms with Crippen LogP contribution >= 0.6 is 0 Å². The molecular weight excluding hydrogens is 470 g/mol. The van der Waals surface area contributed by atoms with Gasteiger partial charge in [-0.15, -0.1) is 0 Å². The molecule has 0 atom stereocenters. The maximum atomic E-state index is 14.5. The van der Waals surface area contributed by atoms with Gasteiger partial charge in [0.15, 0.2) is 0 Å². The molecule has 8 nitrogen and oxygen atoms in total. The van der Waals surface area contributed by atoms with E-state index in [1.807, 2.05) is 0 Å². The number of hydrogen-bond acceptors (Lipinski definition) is 6. The highest BCUT2D eigenvalue weighted by Crippen LogP contribution is 2.38. The van der Waals surface area contributed by atoms with Gasteiger partial charge in [0.2, 0.25) is 5.91 Å². The van der Waals surface area contributed by atoms with Crippen LogP contribution in [0.25, 0.3) is 0 Å². The summed E-state index contributed by atoms with van der Waals surface area (Å²) in [5, 5.41) is 5.18. The summed E-state index contributed by atoms with van der Waals surface area (Å²) in [6.45, 7) is 1.38. The van der Waals surface area contributed by atoms with Crippen LogP contribution in [-0.2, 0) is 17.5 Å². The zero-order valence-corrected chi connectivity index (χ0v) is 18.3. The number of alkyl halides is 3. The molecule has 12 heteroatoms. The summed E-state index contributed by atoms with van der Waals surface area (Å²) in [5.74, 6) is -2.14. The van der Waals surface area contributed by atoms with Crippen molar-refractivity contribution in [1.82, 2.24) is 25.6 Å². The van der Waals surface area contributed by atoms with E-state index in [2.05, 4.69) is 25.6 Å². The maximum Gasteiger partial charge on any atom is 0.419 e. The highest BCUT2D eigenvalue weighted by Gasteiger charge is 2.51. The van der Waals surface area contributed by atoms with E-state index in [9.17, 15) is 27.2 Å². The third-order valence-electron chi connectivity index (χ3n) is 5.31. The van der Waals surface area contributed by atoms with Crippen LogP contribution in [0.3, 0.4) is 0 Å². The Balaban J connectivity index is 1.38. The number of ether oxygens (including phenoxy) is 1. The first-order chi connectivity index (χ1) is 16.6. The maximum absolute atomic E-state index is 14.5. The normalized spacial score (nSPS) is 14.2. The number of pyridine rings is 1. The molecule has 1 aromatic carbocycles. The molecule has 4 rings (SSSR count). The number of nitrogens with one attached hydrogen (secondary N) is 2. The summed E-state index contributed by atoms with van der Waals surface area (Å²) >= 11 is 0.